The van der Waals surface area contributed by atoms with Crippen molar-refractivity contribution < 1.29 is 9.59 Å². The summed E-state index contributed by atoms with van der Waals surface area (Å²) in [4.78, 5) is 30.3. The number of aromatic nitrogens is 1. The minimum atomic E-state index is -0.305. The molecule has 4 rings (SSSR count). The molecule has 0 bridgehead atoms. The van der Waals surface area contributed by atoms with Crippen LogP contribution in [0, 0.1) is 0 Å². The molecule has 1 aromatic heterocycles. The highest BCUT2D eigenvalue weighted by Gasteiger charge is 2.11. The first-order valence-corrected chi connectivity index (χ1v) is 10.4. The number of rotatable bonds is 5. The molecule has 1 heterocycles. The van der Waals surface area contributed by atoms with Crippen molar-refractivity contribution in [3.05, 3.63) is 100 Å². The second-order valence-corrected chi connectivity index (χ2v) is 7.70. The maximum atomic E-state index is 12.7. The summed E-state index contributed by atoms with van der Waals surface area (Å²) < 4.78 is 3.20. The van der Waals surface area contributed by atoms with E-state index in [9.17, 15) is 9.59 Å². The molecule has 0 radical (unpaired) electrons. The van der Waals surface area contributed by atoms with E-state index in [0.29, 0.717) is 21.5 Å². The summed E-state index contributed by atoms with van der Waals surface area (Å²) in [6.45, 7) is 2.91. The predicted molar refractivity (Wildman–Crippen MR) is 116 cm³/mol. The quantitative estimate of drug-likeness (QED) is 0.439. The number of ketones is 1. The van der Waals surface area contributed by atoms with Crippen LogP contribution in [0.1, 0.15) is 39.6 Å². The van der Waals surface area contributed by atoms with Crippen LogP contribution in [0.25, 0.3) is 10.2 Å². The van der Waals surface area contributed by atoms with Gasteiger partial charge in [0, 0.05) is 23.2 Å². The van der Waals surface area contributed by atoms with Crippen LogP contribution in [-0.4, -0.2) is 16.3 Å². The summed E-state index contributed by atoms with van der Waals surface area (Å²) in [5.74, 6) is -0.369. The van der Waals surface area contributed by atoms with E-state index in [4.69, 9.17) is 0 Å². The molecule has 5 heteroatoms. The molecule has 0 N–H and O–H groups in total. The van der Waals surface area contributed by atoms with Gasteiger partial charge in [-0.15, -0.1) is 0 Å². The van der Waals surface area contributed by atoms with Crippen molar-refractivity contribution in [2.24, 2.45) is 4.99 Å². The van der Waals surface area contributed by atoms with E-state index in [0.717, 1.165) is 23.2 Å². The third-order valence-electron chi connectivity index (χ3n) is 4.66. The van der Waals surface area contributed by atoms with Crippen molar-refractivity contribution in [3.8, 4) is 0 Å². The summed E-state index contributed by atoms with van der Waals surface area (Å²) in [5.41, 5.74) is 2.74. The van der Waals surface area contributed by atoms with E-state index in [2.05, 4.69) is 22.5 Å². The zero-order chi connectivity index (χ0) is 20.2. The summed E-state index contributed by atoms with van der Waals surface area (Å²) in [7, 11) is 0. The first kappa shape index (κ1) is 19.0. The van der Waals surface area contributed by atoms with Crippen LogP contribution in [0.3, 0.4) is 0 Å². The third-order valence-corrected chi connectivity index (χ3v) is 5.72. The largest absolute Gasteiger partial charge is 0.316 e. The lowest BCUT2D eigenvalue weighted by molar-refractivity contribution is 0.0994. The molecule has 0 aliphatic heterocycles. The van der Waals surface area contributed by atoms with Crippen LogP contribution < -0.4 is 4.80 Å². The van der Waals surface area contributed by atoms with E-state index in [1.807, 2.05) is 36.4 Å². The third kappa shape index (κ3) is 3.96. The Bertz CT molecular complexity index is 1240. The Labute approximate surface area is 172 Å². The number of carbonyl (C=O) groups is 2. The number of nitrogens with zero attached hydrogens (tertiary/aromatic N) is 2. The average Bonchev–Trinajstić information content (AvgIpc) is 3.11. The molecule has 3 aromatic carbocycles. The fourth-order valence-corrected chi connectivity index (χ4v) is 4.27. The second kappa shape index (κ2) is 8.37. The summed E-state index contributed by atoms with van der Waals surface area (Å²) >= 11 is 1.51. The van der Waals surface area contributed by atoms with E-state index in [-0.39, 0.29) is 11.7 Å². The number of aryl methyl sites for hydroxylation is 1. The Morgan fingerprint density at radius 3 is 2.17 bits per heavy atom. The van der Waals surface area contributed by atoms with Gasteiger partial charge in [0.2, 0.25) is 0 Å². The fourth-order valence-electron chi connectivity index (χ4n) is 3.22. The van der Waals surface area contributed by atoms with Crippen LogP contribution in [0.4, 0.5) is 0 Å². The van der Waals surface area contributed by atoms with Crippen molar-refractivity contribution in [3.63, 3.8) is 0 Å². The Balaban J connectivity index is 1.65. The SMILES string of the molecule is CCCn1c(=NC(=O)c2ccc(C(=O)c3ccccc3)cc2)sc2ccccc21. The molecule has 0 fully saturated rings. The first-order chi connectivity index (χ1) is 14.2. The number of benzene rings is 3. The molecule has 0 saturated carbocycles. The minimum absolute atomic E-state index is 0.0631. The van der Waals surface area contributed by atoms with Crippen molar-refractivity contribution >= 4 is 33.2 Å². The lowest BCUT2D eigenvalue weighted by Crippen LogP contribution is -2.16. The number of fused-ring (bicyclic) bond motifs is 1. The Morgan fingerprint density at radius 2 is 1.45 bits per heavy atom. The van der Waals surface area contributed by atoms with E-state index >= 15 is 0 Å². The molecular weight excluding hydrogens is 380 g/mol. The summed E-state index contributed by atoms with van der Waals surface area (Å²) in [6.07, 6.45) is 0.957. The molecule has 0 atom stereocenters. The molecule has 0 unspecified atom stereocenters. The van der Waals surface area contributed by atoms with Gasteiger partial charge in [-0.2, -0.15) is 4.99 Å². The number of thiazole rings is 1. The second-order valence-electron chi connectivity index (χ2n) is 6.69. The average molecular weight is 401 g/mol. The highest BCUT2D eigenvalue weighted by molar-refractivity contribution is 7.16. The maximum Gasteiger partial charge on any atom is 0.279 e. The van der Waals surface area contributed by atoms with Crippen LogP contribution >= 0.6 is 11.3 Å². The van der Waals surface area contributed by atoms with Crippen molar-refractivity contribution in [2.75, 3.05) is 0 Å². The topological polar surface area (TPSA) is 51.4 Å². The van der Waals surface area contributed by atoms with Gasteiger partial charge >= 0.3 is 0 Å². The van der Waals surface area contributed by atoms with Crippen LogP contribution in [0.2, 0.25) is 0 Å². The van der Waals surface area contributed by atoms with Gasteiger partial charge in [-0.05, 0) is 30.7 Å². The normalized spacial score (nSPS) is 11.7. The van der Waals surface area contributed by atoms with Crippen molar-refractivity contribution in [1.29, 1.82) is 0 Å². The van der Waals surface area contributed by atoms with Crippen molar-refractivity contribution in [1.82, 2.24) is 4.57 Å². The van der Waals surface area contributed by atoms with E-state index in [1.54, 1.807) is 36.4 Å². The highest BCUT2D eigenvalue weighted by atomic mass is 32.1. The number of para-hydroxylation sites is 1. The Hall–Kier alpha value is -3.31. The summed E-state index contributed by atoms with van der Waals surface area (Å²) in [5, 5.41) is 0. The van der Waals surface area contributed by atoms with Crippen LogP contribution in [-0.2, 0) is 6.54 Å². The number of hydrogen-bond acceptors (Lipinski definition) is 3. The standard InChI is InChI=1S/C24H20N2O2S/c1-2-16-26-20-10-6-7-11-21(20)29-24(26)25-23(28)19-14-12-18(13-15-19)22(27)17-8-4-3-5-9-17/h3-15H,2,16H2,1H3. The fraction of sp³-hybridized carbons (Fsp3) is 0.125. The molecule has 0 aliphatic carbocycles. The van der Waals surface area contributed by atoms with Gasteiger partial charge in [0.1, 0.15) is 0 Å². The van der Waals surface area contributed by atoms with E-state index < -0.39 is 0 Å². The van der Waals surface area contributed by atoms with Crippen LogP contribution in [0.15, 0.2) is 83.9 Å². The Kier molecular flexibility index (Phi) is 5.49. The summed E-state index contributed by atoms with van der Waals surface area (Å²) in [6, 6.07) is 23.9. The van der Waals surface area contributed by atoms with Gasteiger partial charge in [0.15, 0.2) is 10.6 Å². The van der Waals surface area contributed by atoms with Gasteiger partial charge in [0.25, 0.3) is 5.91 Å². The van der Waals surface area contributed by atoms with Crippen molar-refractivity contribution in [2.45, 2.75) is 19.9 Å². The molecular formula is C24H20N2O2S. The minimum Gasteiger partial charge on any atom is -0.316 e. The van der Waals surface area contributed by atoms with Gasteiger partial charge < -0.3 is 4.57 Å². The monoisotopic (exact) mass is 400 g/mol. The zero-order valence-corrected chi connectivity index (χ0v) is 16.9. The molecule has 29 heavy (non-hydrogen) atoms. The van der Waals surface area contributed by atoms with Gasteiger partial charge in [-0.25, -0.2) is 0 Å². The molecule has 4 nitrogen and oxygen atoms in total. The van der Waals surface area contributed by atoms with Gasteiger partial charge in [-0.1, -0.05) is 72.9 Å². The maximum absolute atomic E-state index is 12.7. The highest BCUT2D eigenvalue weighted by Crippen LogP contribution is 2.17. The molecule has 4 aromatic rings. The Morgan fingerprint density at radius 1 is 0.828 bits per heavy atom. The number of amides is 1. The van der Waals surface area contributed by atoms with E-state index in [1.165, 1.54) is 11.3 Å². The smallest absolute Gasteiger partial charge is 0.279 e. The molecule has 144 valence electrons. The molecule has 0 spiro atoms. The van der Waals surface area contributed by atoms with Gasteiger partial charge in [0.05, 0.1) is 10.2 Å². The number of carbonyl (C=O) groups excluding carboxylic acids is 2. The lowest BCUT2D eigenvalue weighted by atomic mass is 10.0. The first-order valence-electron chi connectivity index (χ1n) is 9.54. The zero-order valence-electron chi connectivity index (χ0n) is 16.0. The predicted octanol–water partition coefficient (Wildman–Crippen LogP) is 5.08. The lowest BCUT2D eigenvalue weighted by Gasteiger charge is -2.03. The molecule has 0 aliphatic rings. The molecule has 1 amide bonds. The van der Waals surface area contributed by atoms with Crippen LogP contribution in [0.5, 0.6) is 0 Å². The molecule has 0 saturated heterocycles. The number of hydrogen-bond donors (Lipinski definition) is 0. The van der Waals surface area contributed by atoms with Gasteiger partial charge in [-0.3, -0.25) is 9.59 Å².